The average molecular weight is 405 g/mol. The number of nitrogens with one attached hydrogen (secondary N) is 2. The highest BCUT2D eigenvalue weighted by Crippen LogP contribution is 2.23. The Hall–Kier alpha value is -3.65. The van der Waals surface area contributed by atoms with Gasteiger partial charge in [0.2, 0.25) is 0 Å². The van der Waals surface area contributed by atoms with Gasteiger partial charge in [0.15, 0.2) is 5.13 Å². The van der Waals surface area contributed by atoms with E-state index in [-0.39, 0.29) is 11.7 Å². The third-order valence-electron chi connectivity index (χ3n) is 4.29. The second-order valence-electron chi connectivity index (χ2n) is 6.34. The summed E-state index contributed by atoms with van der Waals surface area (Å²) in [6, 6.07) is 14.8. The first-order valence-corrected chi connectivity index (χ1v) is 9.86. The fraction of sp³-hybridized carbons (Fsp3) is 0.0952. The van der Waals surface area contributed by atoms with Gasteiger partial charge >= 0.3 is 0 Å². The highest BCUT2D eigenvalue weighted by molar-refractivity contribution is 7.17. The van der Waals surface area contributed by atoms with Crippen LogP contribution in [0.5, 0.6) is 5.75 Å². The fourth-order valence-electron chi connectivity index (χ4n) is 2.76. The van der Waals surface area contributed by atoms with Gasteiger partial charge in [0.1, 0.15) is 10.6 Å². The van der Waals surface area contributed by atoms with E-state index in [4.69, 9.17) is 0 Å². The number of anilines is 2. The van der Waals surface area contributed by atoms with Crippen LogP contribution in [0, 0.1) is 0 Å². The number of phenolic OH excluding ortho intramolecular Hbond substituents is 1. The summed E-state index contributed by atoms with van der Waals surface area (Å²) in [7, 11) is 0. The number of nitrogens with zero attached hydrogens (tertiary/aromatic N) is 3. The van der Waals surface area contributed by atoms with Crippen molar-refractivity contribution in [3.05, 3.63) is 83.9 Å². The molecule has 0 spiro atoms. The molecular weight excluding hydrogens is 386 g/mol. The van der Waals surface area contributed by atoms with Crippen LogP contribution in [0.25, 0.3) is 5.69 Å². The lowest BCUT2D eigenvalue weighted by molar-refractivity contribution is 0.0958. The Kier molecular flexibility index (Phi) is 5.53. The standard InChI is InChI=1S/C21H19N5O2S/c27-18-7-1-15(2-8-18)9-10-23-20(28)19-13-24-21(29-19)25-16-3-5-17(6-4-16)26-12-11-22-14-26/h1-8,11-14,27H,9-10H2,(H,23,28)(H,24,25). The molecule has 0 bridgehead atoms. The van der Waals surface area contributed by atoms with Crippen molar-refractivity contribution in [2.24, 2.45) is 0 Å². The highest BCUT2D eigenvalue weighted by Gasteiger charge is 2.10. The zero-order chi connectivity index (χ0) is 20.1. The Balaban J connectivity index is 1.30. The van der Waals surface area contributed by atoms with Crippen molar-refractivity contribution in [2.75, 3.05) is 11.9 Å². The molecule has 2 aromatic carbocycles. The third-order valence-corrected chi connectivity index (χ3v) is 5.20. The van der Waals surface area contributed by atoms with Crippen LogP contribution in [0.15, 0.2) is 73.4 Å². The topological polar surface area (TPSA) is 92.1 Å². The van der Waals surface area contributed by atoms with Crippen molar-refractivity contribution < 1.29 is 9.90 Å². The number of benzene rings is 2. The van der Waals surface area contributed by atoms with Crippen LogP contribution in [-0.4, -0.2) is 32.1 Å². The van der Waals surface area contributed by atoms with Crippen LogP contribution in [0.2, 0.25) is 0 Å². The molecule has 0 radical (unpaired) electrons. The second kappa shape index (κ2) is 8.57. The number of amides is 1. The minimum atomic E-state index is -0.148. The minimum Gasteiger partial charge on any atom is -0.508 e. The molecule has 0 saturated heterocycles. The Bertz CT molecular complexity index is 1070. The van der Waals surface area contributed by atoms with Crippen molar-refractivity contribution in [2.45, 2.75) is 6.42 Å². The molecule has 2 aromatic heterocycles. The first kappa shape index (κ1) is 18.7. The molecule has 0 atom stereocenters. The molecule has 3 N–H and O–H groups in total. The van der Waals surface area contributed by atoms with Crippen molar-refractivity contribution >= 4 is 28.1 Å². The summed E-state index contributed by atoms with van der Waals surface area (Å²) < 4.78 is 1.92. The fourth-order valence-corrected chi connectivity index (χ4v) is 3.51. The van der Waals surface area contributed by atoms with Gasteiger partial charge in [-0.3, -0.25) is 4.79 Å². The monoisotopic (exact) mass is 405 g/mol. The third kappa shape index (κ3) is 4.80. The lowest BCUT2D eigenvalue weighted by Crippen LogP contribution is -2.24. The molecule has 1 amide bonds. The number of carbonyl (C=O) groups is 1. The van der Waals surface area contributed by atoms with Crippen LogP contribution >= 0.6 is 11.3 Å². The van der Waals surface area contributed by atoms with Gasteiger partial charge in [0, 0.05) is 30.3 Å². The quantitative estimate of drug-likeness (QED) is 0.436. The Morgan fingerprint density at radius 1 is 1.10 bits per heavy atom. The number of aromatic hydroxyl groups is 1. The van der Waals surface area contributed by atoms with Gasteiger partial charge in [-0.2, -0.15) is 0 Å². The predicted octanol–water partition coefficient (Wildman–Crippen LogP) is 3.75. The van der Waals surface area contributed by atoms with Crippen molar-refractivity contribution in [3.63, 3.8) is 0 Å². The molecule has 7 nitrogen and oxygen atoms in total. The zero-order valence-electron chi connectivity index (χ0n) is 15.4. The maximum atomic E-state index is 12.3. The van der Waals surface area contributed by atoms with E-state index in [0.717, 1.165) is 16.9 Å². The zero-order valence-corrected chi connectivity index (χ0v) is 16.3. The van der Waals surface area contributed by atoms with E-state index in [1.807, 2.05) is 47.2 Å². The first-order valence-electron chi connectivity index (χ1n) is 9.05. The molecule has 146 valence electrons. The summed E-state index contributed by atoms with van der Waals surface area (Å²) >= 11 is 1.30. The number of rotatable bonds is 7. The van der Waals surface area contributed by atoms with Crippen molar-refractivity contribution in [1.29, 1.82) is 0 Å². The smallest absolute Gasteiger partial charge is 0.263 e. The summed E-state index contributed by atoms with van der Waals surface area (Å²) in [4.78, 5) is 21.2. The minimum absolute atomic E-state index is 0.148. The molecule has 0 aliphatic rings. The maximum Gasteiger partial charge on any atom is 0.263 e. The normalized spacial score (nSPS) is 10.6. The van der Waals surface area contributed by atoms with E-state index in [1.165, 1.54) is 11.3 Å². The van der Waals surface area contributed by atoms with Crippen molar-refractivity contribution in [1.82, 2.24) is 19.9 Å². The number of imidazole rings is 1. The van der Waals surface area contributed by atoms with Gasteiger partial charge in [-0.1, -0.05) is 23.5 Å². The summed E-state index contributed by atoms with van der Waals surface area (Å²) in [6.07, 6.45) is 7.63. The van der Waals surface area contributed by atoms with Gasteiger partial charge in [0.25, 0.3) is 5.91 Å². The average Bonchev–Trinajstić information content (AvgIpc) is 3.42. The lowest BCUT2D eigenvalue weighted by Gasteiger charge is -2.05. The van der Waals surface area contributed by atoms with Crippen LogP contribution in [-0.2, 0) is 6.42 Å². The second-order valence-corrected chi connectivity index (χ2v) is 7.37. The molecule has 0 aliphatic carbocycles. The number of aromatic nitrogens is 3. The summed E-state index contributed by atoms with van der Waals surface area (Å²) in [6.45, 7) is 0.514. The van der Waals surface area contributed by atoms with E-state index in [1.54, 1.807) is 30.9 Å². The van der Waals surface area contributed by atoms with Crippen LogP contribution in [0.3, 0.4) is 0 Å². The summed E-state index contributed by atoms with van der Waals surface area (Å²) in [5, 5.41) is 16.1. The Morgan fingerprint density at radius 2 is 1.90 bits per heavy atom. The number of hydrogen-bond acceptors (Lipinski definition) is 6. The molecule has 0 saturated carbocycles. The van der Waals surface area contributed by atoms with E-state index in [0.29, 0.717) is 23.0 Å². The predicted molar refractivity (Wildman–Crippen MR) is 113 cm³/mol. The van der Waals surface area contributed by atoms with E-state index >= 15 is 0 Å². The largest absolute Gasteiger partial charge is 0.508 e. The Labute approximate surface area is 171 Å². The molecule has 2 heterocycles. The maximum absolute atomic E-state index is 12.3. The summed E-state index contributed by atoms with van der Waals surface area (Å²) in [5.41, 5.74) is 2.96. The van der Waals surface area contributed by atoms with E-state index in [2.05, 4.69) is 20.6 Å². The Morgan fingerprint density at radius 3 is 2.62 bits per heavy atom. The lowest BCUT2D eigenvalue weighted by atomic mass is 10.1. The molecule has 0 fully saturated rings. The number of thiazole rings is 1. The highest BCUT2D eigenvalue weighted by atomic mass is 32.1. The van der Waals surface area contributed by atoms with Gasteiger partial charge in [0.05, 0.1) is 12.5 Å². The molecular formula is C21H19N5O2S. The first-order chi connectivity index (χ1) is 14.2. The molecule has 0 unspecified atom stereocenters. The van der Waals surface area contributed by atoms with Gasteiger partial charge in [-0.05, 0) is 48.4 Å². The number of carbonyl (C=O) groups excluding carboxylic acids is 1. The van der Waals surface area contributed by atoms with Crippen molar-refractivity contribution in [3.8, 4) is 11.4 Å². The number of phenols is 1. The SMILES string of the molecule is O=C(NCCc1ccc(O)cc1)c1cnc(Nc2ccc(-n3ccnc3)cc2)s1. The van der Waals surface area contributed by atoms with Gasteiger partial charge < -0.3 is 20.3 Å². The molecule has 29 heavy (non-hydrogen) atoms. The summed E-state index contributed by atoms with van der Waals surface area (Å²) in [5.74, 6) is 0.0867. The van der Waals surface area contributed by atoms with E-state index in [9.17, 15) is 9.90 Å². The molecule has 4 rings (SSSR count). The van der Waals surface area contributed by atoms with Gasteiger partial charge in [-0.15, -0.1) is 0 Å². The van der Waals surface area contributed by atoms with Gasteiger partial charge in [-0.25, -0.2) is 9.97 Å². The van der Waals surface area contributed by atoms with E-state index < -0.39 is 0 Å². The molecule has 4 aromatic rings. The van der Waals surface area contributed by atoms with Crippen LogP contribution in [0.1, 0.15) is 15.2 Å². The van der Waals surface area contributed by atoms with Crippen LogP contribution in [0.4, 0.5) is 10.8 Å². The molecule has 8 heteroatoms. The number of hydrogen-bond donors (Lipinski definition) is 3. The molecule has 0 aliphatic heterocycles. The van der Waals surface area contributed by atoms with Crippen LogP contribution < -0.4 is 10.6 Å².